The molecule has 0 aliphatic carbocycles. The van der Waals surface area contributed by atoms with Crippen LogP contribution in [0.4, 0.5) is 0 Å². The molecule has 0 radical (unpaired) electrons. The first-order valence-corrected chi connectivity index (χ1v) is 17.0. The van der Waals surface area contributed by atoms with Crippen molar-refractivity contribution in [3.63, 3.8) is 0 Å². The van der Waals surface area contributed by atoms with Crippen molar-refractivity contribution in [2.45, 2.75) is 12.2 Å². The molecule has 7 aromatic rings. The van der Waals surface area contributed by atoms with E-state index in [1.807, 2.05) is 0 Å². The van der Waals surface area contributed by atoms with Gasteiger partial charge in [-0.15, -0.1) is 0 Å². The first-order valence-electron chi connectivity index (χ1n) is 17.0. The van der Waals surface area contributed by atoms with Crippen LogP contribution in [-0.2, 0) is 0 Å². The summed E-state index contributed by atoms with van der Waals surface area (Å²) in [5.41, 5.74) is 13.1. The third kappa shape index (κ3) is 5.52. The van der Waals surface area contributed by atoms with E-state index in [0.29, 0.717) is 0 Å². The van der Waals surface area contributed by atoms with Gasteiger partial charge < -0.3 is 15.2 Å². The summed E-state index contributed by atoms with van der Waals surface area (Å²) in [6.07, 6.45) is 8.71. The molecule has 0 amide bonds. The number of para-hydroxylation sites is 2. The fourth-order valence-corrected chi connectivity index (χ4v) is 7.22. The maximum absolute atomic E-state index is 3.86. The third-order valence-corrected chi connectivity index (χ3v) is 9.72. The number of fused-ring (bicyclic) bond motifs is 3. The fourth-order valence-electron chi connectivity index (χ4n) is 7.22. The highest BCUT2D eigenvalue weighted by Crippen LogP contribution is 2.36. The van der Waals surface area contributed by atoms with Crippen molar-refractivity contribution >= 4 is 33.1 Å². The zero-order valence-corrected chi connectivity index (χ0v) is 27.1. The normalized spacial score (nSPS) is 17.3. The fraction of sp³-hybridized carbons (Fsp3) is 0.0667. The van der Waals surface area contributed by atoms with Gasteiger partial charge >= 0.3 is 0 Å². The molecular weight excluding hydrogens is 597 g/mol. The van der Waals surface area contributed by atoms with Gasteiger partial charge in [-0.05, 0) is 69.3 Å². The highest BCUT2D eigenvalue weighted by Gasteiger charge is 2.24. The number of benzene rings is 6. The molecule has 1 aromatic heterocycles. The molecule has 4 nitrogen and oxygen atoms in total. The van der Waals surface area contributed by atoms with E-state index < -0.39 is 0 Å². The van der Waals surface area contributed by atoms with Crippen LogP contribution in [0.2, 0.25) is 0 Å². The Morgan fingerprint density at radius 2 is 1.22 bits per heavy atom. The summed E-state index contributed by atoms with van der Waals surface area (Å²) < 4.78 is 2.38. The predicted molar refractivity (Wildman–Crippen MR) is 204 cm³/mol. The number of dihydropyridines is 1. The average Bonchev–Trinajstić information content (AvgIpc) is 3.52. The van der Waals surface area contributed by atoms with Gasteiger partial charge in [-0.25, -0.2) is 0 Å². The highest BCUT2D eigenvalue weighted by atomic mass is 15.2. The summed E-state index contributed by atoms with van der Waals surface area (Å²) in [4.78, 5) is 0. The molecule has 236 valence electrons. The Kier molecular flexibility index (Phi) is 7.41. The van der Waals surface area contributed by atoms with Crippen molar-refractivity contribution in [1.82, 2.24) is 20.5 Å². The van der Waals surface area contributed by atoms with E-state index in [4.69, 9.17) is 0 Å². The number of rotatable bonds is 6. The molecule has 0 fully saturated rings. The molecule has 4 heteroatoms. The van der Waals surface area contributed by atoms with Crippen LogP contribution in [0, 0.1) is 0 Å². The van der Waals surface area contributed by atoms with Crippen LogP contribution in [0.5, 0.6) is 0 Å². The largest absolute Gasteiger partial charge is 0.387 e. The van der Waals surface area contributed by atoms with Gasteiger partial charge in [-0.1, -0.05) is 140 Å². The molecule has 2 unspecified atom stereocenters. The van der Waals surface area contributed by atoms with Crippen molar-refractivity contribution in [2.24, 2.45) is 0 Å². The van der Waals surface area contributed by atoms with Crippen molar-refractivity contribution in [1.29, 1.82) is 0 Å². The standard InChI is InChI=1S/C45H36N4/c1-3-10-35(11-4-1)45-47-41(29-42(48-45)34-23-19-32(20-24-34)37-12-9-27-46-30-37)33-21-17-31(18-22-33)36-25-26-40-39-15-7-8-16-43(39)49(44(40)28-36)38-13-5-2-6-14-38/h1-26,28-30,41,45-48H,27H2. The van der Waals surface area contributed by atoms with E-state index in [-0.39, 0.29) is 12.2 Å². The minimum absolute atomic E-state index is 0.0268. The van der Waals surface area contributed by atoms with Crippen LogP contribution in [-0.4, -0.2) is 11.1 Å². The van der Waals surface area contributed by atoms with Crippen LogP contribution in [0.1, 0.15) is 34.5 Å². The van der Waals surface area contributed by atoms with Gasteiger partial charge in [0.2, 0.25) is 0 Å². The monoisotopic (exact) mass is 632 g/mol. The Hall–Kier alpha value is -6.10. The number of aromatic nitrogens is 1. The first-order chi connectivity index (χ1) is 24.3. The number of hydrogen-bond acceptors (Lipinski definition) is 3. The molecule has 3 heterocycles. The van der Waals surface area contributed by atoms with Crippen LogP contribution < -0.4 is 16.0 Å². The molecule has 0 saturated heterocycles. The molecule has 49 heavy (non-hydrogen) atoms. The second-order valence-electron chi connectivity index (χ2n) is 12.7. The Morgan fingerprint density at radius 3 is 2.00 bits per heavy atom. The zero-order chi connectivity index (χ0) is 32.6. The Balaban J connectivity index is 1.06. The van der Waals surface area contributed by atoms with E-state index >= 15 is 0 Å². The molecule has 6 aromatic carbocycles. The summed E-state index contributed by atoms with van der Waals surface area (Å²) >= 11 is 0. The van der Waals surface area contributed by atoms with Gasteiger partial charge in [0.25, 0.3) is 0 Å². The molecule has 2 aliphatic heterocycles. The maximum Gasteiger partial charge on any atom is 0.104 e. The van der Waals surface area contributed by atoms with Gasteiger partial charge in [-0.2, -0.15) is 0 Å². The number of nitrogens with zero attached hydrogens (tertiary/aromatic N) is 1. The lowest BCUT2D eigenvalue weighted by Crippen LogP contribution is -2.39. The maximum atomic E-state index is 3.86. The van der Waals surface area contributed by atoms with Gasteiger partial charge in [0.1, 0.15) is 6.17 Å². The molecule has 9 rings (SSSR count). The van der Waals surface area contributed by atoms with Gasteiger partial charge in [0.15, 0.2) is 0 Å². The SMILES string of the molecule is C1=CC(c2ccc(C3=CC(c4ccc(-c5ccc6c7ccccc7n(-c7ccccc7)c6c5)cc4)NC(c4ccccc4)N3)cc2)=CNC1. The minimum Gasteiger partial charge on any atom is -0.387 e. The molecule has 3 N–H and O–H groups in total. The average molecular weight is 633 g/mol. The third-order valence-electron chi connectivity index (χ3n) is 9.72. The molecule has 0 spiro atoms. The van der Waals surface area contributed by atoms with Gasteiger partial charge in [0, 0.05) is 34.9 Å². The van der Waals surface area contributed by atoms with E-state index in [1.165, 1.54) is 66.4 Å². The Morgan fingerprint density at radius 1 is 0.551 bits per heavy atom. The van der Waals surface area contributed by atoms with Gasteiger partial charge in [0.05, 0.1) is 17.1 Å². The van der Waals surface area contributed by atoms with Crippen LogP contribution in [0.15, 0.2) is 176 Å². The summed E-state index contributed by atoms with van der Waals surface area (Å²) in [6, 6.07) is 54.8. The smallest absolute Gasteiger partial charge is 0.104 e. The number of hydrogen-bond donors (Lipinski definition) is 3. The molecular formula is C45H36N4. The summed E-state index contributed by atoms with van der Waals surface area (Å²) in [6.45, 7) is 0.879. The lowest BCUT2D eigenvalue weighted by molar-refractivity contribution is 0.442. The second-order valence-corrected chi connectivity index (χ2v) is 12.7. The molecule has 0 saturated carbocycles. The van der Waals surface area contributed by atoms with Crippen LogP contribution in [0.3, 0.4) is 0 Å². The second kappa shape index (κ2) is 12.5. The Labute approximate surface area is 286 Å². The molecule has 2 aliphatic rings. The highest BCUT2D eigenvalue weighted by molar-refractivity contribution is 6.10. The quantitative estimate of drug-likeness (QED) is 0.171. The van der Waals surface area contributed by atoms with E-state index in [2.05, 4.69) is 197 Å². The lowest BCUT2D eigenvalue weighted by atomic mass is 9.95. The topological polar surface area (TPSA) is 41.0 Å². The predicted octanol–water partition coefficient (Wildman–Crippen LogP) is 9.92. The number of allylic oxidation sites excluding steroid dienone is 2. The van der Waals surface area contributed by atoms with Crippen LogP contribution >= 0.6 is 0 Å². The first kappa shape index (κ1) is 29.1. The van der Waals surface area contributed by atoms with Crippen LogP contribution in [0.25, 0.3) is 49.9 Å². The number of nitrogens with one attached hydrogen (secondary N) is 3. The lowest BCUT2D eigenvalue weighted by Gasteiger charge is -2.33. The minimum atomic E-state index is -0.0268. The van der Waals surface area contributed by atoms with E-state index in [9.17, 15) is 0 Å². The van der Waals surface area contributed by atoms with Crippen molar-refractivity contribution in [3.05, 3.63) is 198 Å². The zero-order valence-electron chi connectivity index (χ0n) is 27.1. The van der Waals surface area contributed by atoms with Gasteiger partial charge in [-0.3, -0.25) is 5.32 Å². The van der Waals surface area contributed by atoms with E-state index in [0.717, 1.165) is 12.2 Å². The summed E-state index contributed by atoms with van der Waals surface area (Å²) in [5.74, 6) is 0. The van der Waals surface area contributed by atoms with Crippen molar-refractivity contribution in [3.8, 4) is 16.8 Å². The van der Waals surface area contributed by atoms with Crippen molar-refractivity contribution < 1.29 is 0 Å². The Bertz CT molecular complexity index is 2360. The summed E-state index contributed by atoms with van der Waals surface area (Å²) in [5, 5.41) is 13.5. The summed E-state index contributed by atoms with van der Waals surface area (Å²) in [7, 11) is 0. The molecule has 0 bridgehead atoms. The molecule has 2 atom stereocenters. The van der Waals surface area contributed by atoms with Crippen molar-refractivity contribution in [2.75, 3.05) is 6.54 Å². The van der Waals surface area contributed by atoms with E-state index in [1.54, 1.807) is 0 Å².